The van der Waals surface area contributed by atoms with Crippen LogP contribution in [0, 0.1) is 6.92 Å². The molecule has 2 heterocycles. The second-order valence-corrected chi connectivity index (χ2v) is 9.81. The summed E-state index contributed by atoms with van der Waals surface area (Å²) in [5, 5.41) is 13.3. The number of rotatable bonds is 7. The first-order valence-corrected chi connectivity index (χ1v) is 12.5. The molecular weight excluding hydrogens is 460 g/mol. The van der Waals surface area contributed by atoms with Gasteiger partial charge < -0.3 is 20.1 Å². The molecule has 8 heteroatoms. The molecule has 1 aliphatic carbocycles. The topological polar surface area (TPSA) is 79.1 Å². The Morgan fingerprint density at radius 1 is 0.971 bits per heavy atom. The van der Waals surface area contributed by atoms with Gasteiger partial charge in [0.25, 0.3) is 0 Å². The third kappa shape index (κ3) is 5.11. The average Bonchev–Trinajstić information content (AvgIpc) is 3.23. The third-order valence-corrected chi connectivity index (χ3v) is 7.08. The zero-order chi connectivity index (χ0) is 24.4. The largest absolute Gasteiger partial charge is 0.362 e. The number of fused-ring (bicyclic) bond motifs is 1. The number of nitrogens with one attached hydrogen (secondary N) is 2. The van der Waals surface area contributed by atoms with Crippen molar-refractivity contribution in [2.24, 2.45) is 0 Å². The van der Waals surface area contributed by atoms with Gasteiger partial charge in [0.15, 0.2) is 0 Å². The van der Waals surface area contributed by atoms with Gasteiger partial charge in [-0.1, -0.05) is 47.1 Å². The Hall–Kier alpha value is -3.16. The van der Waals surface area contributed by atoms with Crippen molar-refractivity contribution < 1.29 is 4.52 Å². The first kappa shape index (κ1) is 23.6. The average molecular weight is 491 g/mol. The molecule has 2 N–H and O–H groups in total. The molecule has 182 valence electrons. The molecule has 1 fully saturated rings. The summed E-state index contributed by atoms with van der Waals surface area (Å²) in [6, 6.07) is 16.7. The molecule has 4 aromatic rings. The van der Waals surface area contributed by atoms with Crippen LogP contribution in [0.2, 0.25) is 5.02 Å². The summed E-state index contributed by atoms with van der Waals surface area (Å²) in [4.78, 5) is 11.6. The Morgan fingerprint density at radius 2 is 1.69 bits per heavy atom. The molecule has 0 atom stereocenters. The summed E-state index contributed by atoms with van der Waals surface area (Å²) in [5.41, 5.74) is 3.76. The molecule has 0 radical (unpaired) electrons. The van der Waals surface area contributed by atoms with Crippen LogP contribution in [0.25, 0.3) is 22.2 Å². The summed E-state index contributed by atoms with van der Waals surface area (Å²) in [7, 11) is 4.04. The first-order valence-electron chi connectivity index (χ1n) is 12.1. The Bertz CT molecular complexity index is 1310. The highest BCUT2D eigenvalue weighted by molar-refractivity contribution is 6.33. The molecular formula is C27H31ClN6O. The van der Waals surface area contributed by atoms with E-state index in [1.807, 2.05) is 68.4 Å². The lowest BCUT2D eigenvalue weighted by atomic mass is 9.91. The highest BCUT2D eigenvalue weighted by Gasteiger charge is 2.24. The highest BCUT2D eigenvalue weighted by atomic mass is 35.5. The molecule has 1 saturated carbocycles. The molecule has 0 bridgehead atoms. The second kappa shape index (κ2) is 10.2. The van der Waals surface area contributed by atoms with Crippen LogP contribution in [0.5, 0.6) is 0 Å². The third-order valence-electron chi connectivity index (χ3n) is 6.75. The van der Waals surface area contributed by atoms with Crippen LogP contribution in [0.3, 0.4) is 0 Å². The second-order valence-electron chi connectivity index (χ2n) is 9.40. The van der Waals surface area contributed by atoms with E-state index in [-0.39, 0.29) is 0 Å². The summed E-state index contributed by atoms with van der Waals surface area (Å²) >= 11 is 6.41. The SMILES string of the molecule is Cc1onc(-c2ccccc2Cl)c1CNC1CCC(Nc2nc(N(C)C)c3ccccc3n2)CC1. The van der Waals surface area contributed by atoms with Crippen molar-refractivity contribution in [3.05, 3.63) is 64.9 Å². The van der Waals surface area contributed by atoms with Crippen molar-refractivity contribution in [3.63, 3.8) is 0 Å². The molecule has 2 aromatic heterocycles. The van der Waals surface area contributed by atoms with E-state index in [0.717, 1.165) is 65.0 Å². The number of hydrogen-bond donors (Lipinski definition) is 2. The smallest absolute Gasteiger partial charge is 0.225 e. The van der Waals surface area contributed by atoms with Crippen molar-refractivity contribution in [2.75, 3.05) is 24.3 Å². The molecule has 0 aliphatic heterocycles. The molecule has 1 aliphatic rings. The van der Waals surface area contributed by atoms with Crippen LogP contribution in [-0.4, -0.2) is 41.3 Å². The molecule has 35 heavy (non-hydrogen) atoms. The number of aromatic nitrogens is 3. The lowest BCUT2D eigenvalue weighted by Crippen LogP contribution is -2.37. The van der Waals surface area contributed by atoms with Crippen molar-refractivity contribution in [3.8, 4) is 11.3 Å². The Labute approximate surface area is 210 Å². The van der Waals surface area contributed by atoms with Crippen LogP contribution in [0.15, 0.2) is 53.1 Å². The van der Waals surface area contributed by atoms with Crippen LogP contribution < -0.4 is 15.5 Å². The van der Waals surface area contributed by atoms with Crippen molar-refractivity contribution in [2.45, 2.75) is 51.2 Å². The maximum absolute atomic E-state index is 6.41. The van der Waals surface area contributed by atoms with Gasteiger partial charge in [-0.15, -0.1) is 0 Å². The summed E-state index contributed by atoms with van der Waals surface area (Å²) in [5.74, 6) is 2.47. The number of para-hydroxylation sites is 1. The molecule has 0 unspecified atom stereocenters. The molecule has 5 rings (SSSR count). The minimum Gasteiger partial charge on any atom is -0.362 e. The molecule has 7 nitrogen and oxygen atoms in total. The predicted octanol–water partition coefficient (Wildman–Crippen LogP) is 5.83. The van der Waals surface area contributed by atoms with Gasteiger partial charge >= 0.3 is 0 Å². The Morgan fingerprint density at radius 3 is 2.46 bits per heavy atom. The monoisotopic (exact) mass is 490 g/mol. The van der Waals surface area contributed by atoms with Crippen LogP contribution in [-0.2, 0) is 6.54 Å². The fraction of sp³-hybridized carbons (Fsp3) is 0.370. The van der Waals surface area contributed by atoms with Crippen molar-refractivity contribution in [1.29, 1.82) is 0 Å². The van der Waals surface area contributed by atoms with Gasteiger partial charge in [-0.3, -0.25) is 0 Å². The van der Waals surface area contributed by atoms with E-state index < -0.39 is 0 Å². The standard InChI is InChI=1S/C27H31ClN6O/c1-17-22(25(33-35-17)20-8-4-6-10-23(20)28)16-29-18-12-14-19(15-13-18)30-27-31-24-11-7-5-9-21(24)26(32-27)34(2)3/h4-11,18-19,29H,12-16H2,1-3H3,(H,30,31,32). The summed E-state index contributed by atoms with van der Waals surface area (Å²) in [6.45, 7) is 2.66. The van der Waals surface area contributed by atoms with Gasteiger partial charge in [0.05, 0.1) is 10.5 Å². The van der Waals surface area contributed by atoms with Crippen LogP contribution >= 0.6 is 11.6 Å². The van der Waals surface area contributed by atoms with Gasteiger partial charge in [0.2, 0.25) is 5.95 Å². The van der Waals surface area contributed by atoms with E-state index >= 15 is 0 Å². The van der Waals surface area contributed by atoms with Crippen molar-refractivity contribution in [1.82, 2.24) is 20.4 Å². The molecule has 0 spiro atoms. The normalized spacial score (nSPS) is 18.1. The number of halogens is 1. The number of aryl methyl sites for hydroxylation is 1. The highest BCUT2D eigenvalue weighted by Crippen LogP contribution is 2.31. The minimum absolute atomic E-state index is 0.361. The van der Waals surface area contributed by atoms with E-state index in [0.29, 0.717) is 29.6 Å². The van der Waals surface area contributed by atoms with E-state index in [1.54, 1.807) is 0 Å². The number of nitrogens with zero attached hydrogens (tertiary/aromatic N) is 4. The van der Waals surface area contributed by atoms with Gasteiger partial charge in [0.1, 0.15) is 17.3 Å². The zero-order valence-corrected chi connectivity index (χ0v) is 21.1. The van der Waals surface area contributed by atoms with E-state index in [2.05, 4.69) is 21.9 Å². The molecule has 0 saturated heterocycles. The Balaban J connectivity index is 1.20. The van der Waals surface area contributed by atoms with E-state index in [1.165, 1.54) is 0 Å². The van der Waals surface area contributed by atoms with Gasteiger partial charge in [-0.2, -0.15) is 4.98 Å². The number of hydrogen-bond acceptors (Lipinski definition) is 7. The maximum atomic E-state index is 6.41. The quantitative estimate of drug-likeness (QED) is 0.337. The summed E-state index contributed by atoms with van der Waals surface area (Å²) < 4.78 is 5.51. The van der Waals surface area contributed by atoms with Crippen molar-refractivity contribution >= 4 is 34.3 Å². The lowest BCUT2D eigenvalue weighted by molar-refractivity contribution is 0.350. The zero-order valence-electron chi connectivity index (χ0n) is 20.4. The summed E-state index contributed by atoms with van der Waals surface area (Å²) in [6.07, 6.45) is 4.28. The first-order chi connectivity index (χ1) is 17.0. The molecule has 2 aromatic carbocycles. The minimum atomic E-state index is 0.361. The number of benzene rings is 2. The van der Waals surface area contributed by atoms with Gasteiger partial charge in [-0.25, -0.2) is 4.98 Å². The van der Waals surface area contributed by atoms with Crippen LogP contribution in [0.1, 0.15) is 37.0 Å². The van der Waals surface area contributed by atoms with E-state index in [4.69, 9.17) is 26.1 Å². The predicted molar refractivity (Wildman–Crippen MR) is 142 cm³/mol. The fourth-order valence-corrected chi connectivity index (χ4v) is 5.03. The molecule has 0 amide bonds. The van der Waals surface area contributed by atoms with Gasteiger partial charge in [0, 0.05) is 49.2 Å². The maximum Gasteiger partial charge on any atom is 0.225 e. The van der Waals surface area contributed by atoms with E-state index in [9.17, 15) is 0 Å². The Kier molecular flexibility index (Phi) is 6.88. The number of anilines is 2. The van der Waals surface area contributed by atoms with Gasteiger partial charge in [-0.05, 0) is 50.8 Å². The fourth-order valence-electron chi connectivity index (χ4n) is 4.80. The van der Waals surface area contributed by atoms with Crippen LogP contribution in [0.4, 0.5) is 11.8 Å². The lowest BCUT2D eigenvalue weighted by Gasteiger charge is -2.30.